The highest BCUT2D eigenvalue weighted by Gasteiger charge is 2.36. The predicted octanol–water partition coefficient (Wildman–Crippen LogP) is 5.16. The van der Waals surface area contributed by atoms with Crippen molar-refractivity contribution >= 4 is 15.7 Å². The SMILES string of the molecule is O=S(=O)(c1ccccc1OC(F)(F)F)N(Cc1cccc(O)c1)c1ccc(OCCN2CCCC2)cc1. The lowest BCUT2D eigenvalue weighted by molar-refractivity contribution is -0.275. The highest BCUT2D eigenvalue weighted by molar-refractivity contribution is 7.92. The second-order valence-electron chi connectivity index (χ2n) is 8.57. The fraction of sp³-hybridized carbons (Fsp3) is 0.308. The lowest BCUT2D eigenvalue weighted by atomic mass is 10.2. The Morgan fingerprint density at radius 1 is 0.946 bits per heavy atom. The summed E-state index contributed by atoms with van der Waals surface area (Å²) in [7, 11) is -4.53. The summed E-state index contributed by atoms with van der Waals surface area (Å²) >= 11 is 0. The third-order valence-corrected chi connectivity index (χ3v) is 7.69. The molecule has 1 saturated heterocycles. The van der Waals surface area contributed by atoms with E-state index in [4.69, 9.17) is 4.74 Å². The molecule has 1 aliphatic rings. The van der Waals surface area contributed by atoms with Crippen LogP contribution in [0.4, 0.5) is 18.9 Å². The van der Waals surface area contributed by atoms with Crippen LogP contribution in [0.1, 0.15) is 18.4 Å². The van der Waals surface area contributed by atoms with E-state index in [-0.39, 0.29) is 18.0 Å². The first-order chi connectivity index (χ1) is 17.6. The van der Waals surface area contributed by atoms with Crippen LogP contribution in [0.5, 0.6) is 17.2 Å². The Hall–Kier alpha value is -3.44. The van der Waals surface area contributed by atoms with E-state index in [0.717, 1.165) is 36.1 Å². The van der Waals surface area contributed by atoms with Crippen LogP contribution < -0.4 is 13.8 Å². The quantitative estimate of drug-likeness (QED) is 0.386. The minimum absolute atomic E-state index is 0.0718. The lowest BCUT2D eigenvalue weighted by Gasteiger charge is -2.26. The summed E-state index contributed by atoms with van der Waals surface area (Å²) in [6, 6.07) is 16.8. The average molecular weight is 537 g/mol. The minimum atomic E-state index is -5.07. The van der Waals surface area contributed by atoms with Gasteiger partial charge in [0.15, 0.2) is 0 Å². The zero-order valence-corrected chi connectivity index (χ0v) is 20.7. The van der Waals surface area contributed by atoms with E-state index in [1.54, 1.807) is 24.3 Å². The standard InChI is InChI=1S/C26H27F3N2O5S/c27-26(28,29)36-24-8-1-2-9-25(24)37(33,34)31(19-20-6-5-7-22(32)18-20)21-10-12-23(13-11-21)35-17-16-30-14-3-4-15-30/h1-2,5-13,18,32H,3-4,14-17,19H2. The lowest BCUT2D eigenvalue weighted by Crippen LogP contribution is -2.31. The van der Waals surface area contributed by atoms with Crippen molar-refractivity contribution in [3.8, 4) is 17.2 Å². The van der Waals surface area contributed by atoms with Crippen molar-refractivity contribution in [2.24, 2.45) is 0 Å². The first-order valence-corrected chi connectivity index (χ1v) is 13.2. The second-order valence-corrected chi connectivity index (χ2v) is 10.4. The van der Waals surface area contributed by atoms with E-state index >= 15 is 0 Å². The van der Waals surface area contributed by atoms with Crippen molar-refractivity contribution in [2.75, 3.05) is 30.5 Å². The molecule has 1 heterocycles. The number of ether oxygens (including phenoxy) is 2. The van der Waals surface area contributed by atoms with Gasteiger partial charge in [0.2, 0.25) is 0 Å². The Balaban J connectivity index is 1.63. The van der Waals surface area contributed by atoms with Gasteiger partial charge >= 0.3 is 6.36 Å². The third kappa shape index (κ3) is 7.07. The van der Waals surface area contributed by atoms with Crippen molar-refractivity contribution in [2.45, 2.75) is 30.6 Å². The van der Waals surface area contributed by atoms with Gasteiger partial charge in [0.25, 0.3) is 10.0 Å². The second kappa shape index (κ2) is 11.3. The molecule has 0 bridgehead atoms. The average Bonchev–Trinajstić information content (AvgIpc) is 3.36. The topological polar surface area (TPSA) is 79.3 Å². The van der Waals surface area contributed by atoms with Gasteiger partial charge in [-0.1, -0.05) is 24.3 Å². The summed E-state index contributed by atoms with van der Waals surface area (Å²) in [4.78, 5) is 1.66. The van der Waals surface area contributed by atoms with Crippen LogP contribution in [0.25, 0.3) is 0 Å². The number of likely N-dealkylation sites (tertiary alicyclic amines) is 1. The molecule has 198 valence electrons. The summed E-state index contributed by atoms with van der Waals surface area (Å²) in [6.45, 7) is 3.11. The first kappa shape index (κ1) is 26.6. The molecule has 3 aromatic rings. The molecule has 1 N–H and O–H groups in total. The number of halogens is 3. The maximum absolute atomic E-state index is 13.7. The van der Waals surface area contributed by atoms with Crippen molar-refractivity contribution in [1.29, 1.82) is 0 Å². The van der Waals surface area contributed by atoms with Crippen molar-refractivity contribution in [3.05, 3.63) is 78.4 Å². The van der Waals surface area contributed by atoms with Gasteiger partial charge in [0.1, 0.15) is 28.8 Å². The first-order valence-electron chi connectivity index (χ1n) is 11.7. The highest BCUT2D eigenvalue weighted by Crippen LogP contribution is 2.35. The molecule has 7 nitrogen and oxygen atoms in total. The number of sulfonamides is 1. The Bertz CT molecular complexity index is 1290. The van der Waals surface area contributed by atoms with E-state index < -0.39 is 27.0 Å². The fourth-order valence-electron chi connectivity index (χ4n) is 4.13. The van der Waals surface area contributed by atoms with Crippen LogP contribution >= 0.6 is 0 Å². The largest absolute Gasteiger partial charge is 0.573 e. The van der Waals surface area contributed by atoms with E-state index in [9.17, 15) is 26.7 Å². The Morgan fingerprint density at radius 2 is 1.65 bits per heavy atom. The molecule has 11 heteroatoms. The Labute approximate surface area is 213 Å². The van der Waals surface area contributed by atoms with Gasteiger partial charge in [0, 0.05) is 6.54 Å². The smallest absolute Gasteiger partial charge is 0.508 e. The number of rotatable bonds is 10. The zero-order chi connectivity index (χ0) is 26.5. The maximum atomic E-state index is 13.7. The molecule has 4 rings (SSSR count). The van der Waals surface area contributed by atoms with Gasteiger partial charge in [-0.05, 0) is 80.0 Å². The predicted molar refractivity (Wildman–Crippen MR) is 132 cm³/mol. The van der Waals surface area contributed by atoms with Gasteiger partial charge in [-0.2, -0.15) is 0 Å². The van der Waals surface area contributed by atoms with E-state index in [0.29, 0.717) is 17.9 Å². The molecule has 0 aromatic heterocycles. The van der Waals surface area contributed by atoms with Crippen LogP contribution in [0.15, 0.2) is 77.7 Å². The number of alkyl halides is 3. The summed E-state index contributed by atoms with van der Waals surface area (Å²) in [5, 5.41) is 9.85. The molecule has 0 amide bonds. The van der Waals surface area contributed by atoms with Gasteiger partial charge in [-0.25, -0.2) is 8.42 Å². The highest BCUT2D eigenvalue weighted by atomic mass is 32.2. The number of para-hydroxylation sites is 1. The van der Waals surface area contributed by atoms with Crippen molar-refractivity contribution < 1.29 is 36.2 Å². The molecular formula is C26H27F3N2O5S. The summed E-state index contributed by atoms with van der Waals surface area (Å²) in [5.41, 5.74) is 0.640. The van der Waals surface area contributed by atoms with E-state index in [2.05, 4.69) is 9.64 Å². The molecule has 0 saturated carbocycles. The zero-order valence-electron chi connectivity index (χ0n) is 19.9. The Kier molecular flexibility index (Phi) is 8.13. The van der Waals surface area contributed by atoms with Crippen LogP contribution in [0, 0.1) is 0 Å². The minimum Gasteiger partial charge on any atom is -0.508 e. The number of aromatic hydroxyl groups is 1. The molecule has 3 aromatic carbocycles. The van der Waals surface area contributed by atoms with Gasteiger partial charge in [0.05, 0.1) is 12.2 Å². The molecule has 0 aliphatic carbocycles. The summed E-state index contributed by atoms with van der Waals surface area (Å²) in [6.07, 6.45) is -2.72. The molecule has 0 spiro atoms. The molecule has 37 heavy (non-hydrogen) atoms. The molecule has 0 atom stereocenters. The number of phenols is 1. The third-order valence-electron chi connectivity index (χ3n) is 5.88. The number of phenolic OH excluding ortho intramolecular Hbond substituents is 1. The van der Waals surface area contributed by atoms with Crippen LogP contribution in [0.3, 0.4) is 0 Å². The monoisotopic (exact) mass is 536 g/mol. The number of nitrogens with zero attached hydrogens (tertiary/aromatic N) is 2. The van der Waals surface area contributed by atoms with Crippen molar-refractivity contribution in [1.82, 2.24) is 4.90 Å². The van der Waals surface area contributed by atoms with E-state index in [1.165, 1.54) is 49.2 Å². The van der Waals surface area contributed by atoms with E-state index in [1.807, 2.05) is 0 Å². The van der Waals surface area contributed by atoms with Crippen LogP contribution in [-0.2, 0) is 16.6 Å². The number of hydrogen-bond donors (Lipinski definition) is 1. The van der Waals surface area contributed by atoms with Crippen molar-refractivity contribution in [3.63, 3.8) is 0 Å². The molecule has 1 aliphatic heterocycles. The van der Waals surface area contributed by atoms with Crippen LogP contribution in [0.2, 0.25) is 0 Å². The molecule has 1 fully saturated rings. The summed E-state index contributed by atoms with van der Waals surface area (Å²) < 4.78 is 77.2. The van der Waals surface area contributed by atoms with Gasteiger partial charge in [-0.3, -0.25) is 9.21 Å². The normalized spacial score (nSPS) is 14.5. The number of anilines is 1. The van der Waals surface area contributed by atoms with Crippen LogP contribution in [-0.4, -0.2) is 51.0 Å². The number of benzene rings is 3. The Morgan fingerprint density at radius 3 is 2.32 bits per heavy atom. The number of hydrogen-bond acceptors (Lipinski definition) is 6. The van der Waals surface area contributed by atoms with Gasteiger partial charge < -0.3 is 14.6 Å². The summed E-state index contributed by atoms with van der Waals surface area (Å²) in [5.74, 6) is -0.367. The molecule has 0 radical (unpaired) electrons. The van der Waals surface area contributed by atoms with Gasteiger partial charge in [-0.15, -0.1) is 13.2 Å². The maximum Gasteiger partial charge on any atom is 0.573 e. The molecular weight excluding hydrogens is 509 g/mol. The molecule has 0 unspecified atom stereocenters. The fourth-order valence-corrected chi connectivity index (χ4v) is 5.70.